The van der Waals surface area contributed by atoms with Crippen molar-refractivity contribution in [2.24, 2.45) is 0 Å². The van der Waals surface area contributed by atoms with E-state index in [0.717, 1.165) is 0 Å². The molecule has 1 aromatic carbocycles. The minimum atomic E-state index is -0.0733. The van der Waals surface area contributed by atoms with Gasteiger partial charge in [0.1, 0.15) is 5.75 Å². The number of hydrogen-bond acceptors (Lipinski definition) is 6. The molecule has 2 aromatic rings. The summed E-state index contributed by atoms with van der Waals surface area (Å²) < 4.78 is 10.5. The van der Waals surface area contributed by atoms with E-state index >= 15 is 0 Å². The molecule has 1 aliphatic heterocycles. The minimum absolute atomic E-state index is 0.0326. The van der Waals surface area contributed by atoms with Crippen LogP contribution in [0.15, 0.2) is 28.7 Å². The fourth-order valence-corrected chi connectivity index (χ4v) is 2.96. The fourth-order valence-electron chi connectivity index (χ4n) is 2.96. The second kappa shape index (κ2) is 7.99. The SMILES string of the molecule is COc1ccccc1C(=O)N1CCN(C(=O)CCc2nnc(C)o2)CC1. The molecule has 1 saturated heterocycles. The van der Waals surface area contributed by atoms with Crippen molar-refractivity contribution in [2.75, 3.05) is 33.3 Å². The van der Waals surface area contributed by atoms with Crippen molar-refractivity contribution in [3.63, 3.8) is 0 Å². The summed E-state index contributed by atoms with van der Waals surface area (Å²) in [6.45, 7) is 3.76. The van der Waals surface area contributed by atoms with E-state index < -0.39 is 0 Å². The predicted octanol–water partition coefficient (Wildman–Crippen LogP) is 1.30. The van der Waals surface area contributed by atoms with Gasteiger partial charge in [-0.1, -0.05) is 12.1 Å². The van der Waals surface area contributed by atoms with E-state index in [-0.39, 0.29) is 11.8 Å². The molecule has 138 valence electrons. The monoisotopic (exact) mass is 358 g/mol. The number of piperazine rings is 1. The van der Waals surface area contributed by atoms with Gasteiger partial charge in [0, 0.05) is 45.9 Å². The van der Waals surface area contributed by atoms with E-state index in [4.69, 9.17) is 9.15 Å². The van der Waals surface area contributed by atoms with Crippen LogP contribution in [0.4, 0.5) is 0 Å². The quantitative estimate of drug-likeness (QED) is 0.800. The highest BCUT2D eigenvalue weighted by Crippen LogP contribution is 2.20. The first-order valence-corrected chi connectivity index (χ1v) is 8.57. The number of nitrogens with zero attached hydrogens (tertiary/aromatic N) is 4. The minimum Gasteiger partial charge on any atom is -0.496 e. The Morgan fingerprint density at radius 2 is 1.81 bits per heavy atom. The topological polar surface area (TPSA) is 88.8 Å². The summed E-state index contributed by atoms with van der Waals surface area (Å²) in [7, 11) is 1.55. The lowest BCUT2D eigenvalue weighted by Crippen LogP contribution is -2.50. The number of aromatic nitrogens is 2. The summed E-state index contributed by atoms with van der Waals surface area (Å²) in [6, 6.07) is 7.17. The molecular weight excluding hydrogens is 336 g/mol. The van der Waals surface area contributed by atoms with Crippen LogP contribution in [0.25, 0.3) is 0 Å². The Hall–Kier alpha value is -2.90. The average Bonchev–Trinajstić information content (AvgIpc) is 3.11. The van der Waals surface area contributed by atoms with Crippen molar-refractivity contribution in [3.8, 4) is 5.75 Å². The van der Waals surface area contributed by atoms with E-state index in [1.807, 2.05) is 12.1 Å². The van der Waals surface area contributed by atoms with Crippen LogP contribution in [0, 0.1) is 6.92 Å². The van der Waals surface area contributed by atoms with Gasteiger partial charge in [0.25, 0.3) is 5.91 Å². The van der Waals surface area contributed by atoms with E-state index in [0.29, 0.717) is 62.1 Å². The average molecular weight is 358 g/mol. The van der Waals surface area contributed by atoms with Gasteiger partial charge in [0.15, 0.2) is 0 Å². The second-order valence-corrected chi connectivity index (χ2v) is 6.09. The number of para-hydroxylation sites is 1. The first-order chi connectivity index (χ1) is 12.6. The maximum atomic E-state index is 12.7. The number of aryl methyl sites for hydroxylation is 2. The molecular formula is C18H22N4O4. The third-order valence-electron chi connectivity index (χ3n) is 4.38. The summed E-state index contributed by atoms with van der Waals surface area (Å²) >= 11 is 0. The van der Waals surface area contributed by atoms with Crippen LogP contribution in [0.1, 0.15) is 28.6 Å². The van der Waals surface area contributed by atoms with Crippen molar-refractivity contribution >= 4 is 11.8 Å². The second-order valence-electron chi connectivity index (χ2n) is 6.09. The van der Waals surface area contributed by atoms with Gasteiger partial charge in [0.2, 0.25) is 17.7 Å². The number of methoxy groups -OCH3 is 1. The van der Waals surface area contributed by atoms with Gasteiger partial charge in [-0.15, -0.1) is 10.2 Å². The van der Waals surface area contributed by atoms with Gasteiger partial charge in [-0.25, -0.2) is 0 Å². The number of hydrogen-bond donors (Lipinski definition) is 0. The summed E-state index contributed by atoms with van der Waals surface area (Å²) in [5.41, 5.74) is 0.543. The third-order valence-corrected chi connectivity index (χ3v) is 4.38. The van der Waals surface area contributed by atoms with Gasteiger partial charge >= 0.3 is 0 Å². The zero-order valence-electron chi connectivity index (χ0n) is 15.0. The van der Waals surface area contributed by atoms with Crippen molar-refractivity contribution in [3.05, 3.63) is 41.6 Å². The van der Waals surface area contributed by atoms with Crippen LogP contribution >= 0.6 is 0 Å². The summed E-state index contributed by atoms with van der Waals surface area (Å²) in [4.78, 5) is 28.5. The lowest BCUT2D eigenvalue weighted by atomic mass is 10.1. The molecule has 0 N–H and O–H groups in total. The highest BCUT2D eigenvalue weighted by Gasteiger charge is 2.26. The van der Waals surface area contributed by atoms with E-state index in [1.54, 1.807) is 36.0 Å². The first kappa shape index (κ1) is 17.9. The Kier molecular flexibility index (Phi) is 5.50. The van der Waals surface area contributed by atoms with Crippen LogP contribution in [0.3, 0.4) is 0 Å². The van der Waals surface area contributed by atoms with Gasteiger partial charge < -0.3 is 19.0 Å². The van der Waals surface area contributed by atoms with Crippen LogP contribution in [-0.2, 0) is 11.2 Å². The Balaban J connectivity index is 1.52. The molecule has 2 heterocycles. The van der Waals surface area contributed by atoms with Crippen molar-refractivity contribution in [1.29, 1.82) is 0 Å². The van der Waals surface area contributed by atoms with E-state index in [1.165, 1.54) is 0 Å². The number of ether oxygens (including phenoxy) is 1. The van der Waals surface area contributed by atoms with Crippen LogP contribution in [0.5, 0.6) is 5.75 Å². The Morgan fingerprint density at radius 1 is 1.12 bits per heavy atom. The summed E-state index contributed by atoms with van der Waals surface area (Å²) in [6.07, 6.45) is 0.752. The van der Waals surface area contributed by atoms with Gasteiger partial charge in [0.05, 0.1) is 12.7 Å². The van der Waals surface area contributed by atoms with E-state index in [9.17, 15) is 9.59 Å². The molecule has 0 unspecified atom stereocenters. The number of benzene rings is 1. The number of carbonyl (C=O) groups is 2. The van der Waals surface area contributed by atoms with Gasteiger partial charge in [-0.2, -0.15) is 0 Å². The lowest BCUT2D eigenvalue weighted by Gasteiger charge is -2.35. The Bertz CT molecular complexity index is 781. The van der Waals surface area contributed by atoms with Crippen LogP contribution < -0.4 is 4.74 Å². The Labute approximate surface area is 151 Å². The molecule has 3 rings (SSSR count). The third kappa shape index (κ3) is 4.01. The molecule has 0 aliphatic carbocycles. The van der Waals surface area contributed by atoms with Crippen molar-refractivity contribution < 1.29 is 18.7 Å². The van der Waals surface area contributed by atoms with Crippen molar-refractivity contribution in [2.45, 2.75) is 19.8 Å². The molecule has 2 amide bonds. The highest BCUT2D eigenvalue weighted by atomic mass is 16.5. The van der Waals surface area contributed by atoms with Crippen molar-refractivity contribution in [1.82, 2.24) is 20.0 Å². The molecule has 0 bridgehead atoms. The van der Waals surface area contributed by atoms with Gasteiger partial charge in [-0.3, -0.25) is 9.59 Å². The molecule has 0 saturated carbocycles. The molecule has 1 aliphatic rings. The first-order valence-electron chi connectivity index (χ1n) is 8.57. The Morgan fingerprint density at radius 3 is 2.46 bits per heavy atom. The fraction of sp³-hybridized carbons (Fsp3) is 0.444. The predicted molar refractivity (Wildman–Crippen MR) is 92.8 cm³/mol. The number of rotatable bonds is 5. The smallest absolute Gasteiger partial charge is 0.257 e. The number of amides is 2. The lowest BCUT2D eigenvalue weighted by molar-refractivity contribution is -0.132. The van der Waals surface area contributed by atoms with Crippen LogP contribution in [0.2, 0.25) is 0 Å². The molecule has 0 radical (unpaired) electrons. The molecule has 8 heteroatoms. The molecule has 1 fully saturated rings. The molecule has 0 spiro atoms. The maximum absolute atomic E-state index is 12.7. The molecule has 8 nitrogen and oxygen atoms in total. The molecule has 0 atom stereocenters. The normalized spacial score (nSPS) is 14.4. The maximum Gasteiger partial charge on any atom is 0.257 e. The van der Waals surface area contributed by atoms with Gasteiger partial charge in [-0.05, 0) is 12.1 Å². The summed E-state index contributed by atoms with van der Waals surface area (Å²) in [5.74, 6) is 1.49. The molecule has 26 heavy (non-hydrogen) atoms. The number of carbonyl (C=O) groups excluding carboxylic acids is 2. The largest absolute Gasteiger partial charge is 0.496 e. The van der Waals surface area contributed by atoms with Crippen LogP contribution in [-0.4, -0.2) is 65.1 Å². The summed E-state index contributed by atoms with van der Waals surface area (Å²) in [5, 5.41) is 7.65. The standard InChI is InChI=1S/C18H22N4O4/c1-13-19-20-16(26-13)7-8-17(23)21-9-11-22(12-10-21)18(24)14-5-3-4-6-15(14)25-2/h3-6H,7-12H2,1-2H3. The molecule has 1 aromatic heterocycles. The zero-order valence-corrected chi connectivity index (χ0v) is 15.0. The highest BCUT2D eigenvalue weighted by molar-refractivity contribution is 5.97. The van der Waals surface area contributed by atoms with E-state index in [2.05, 4.69) is 10.2 Å². The zero-order chi connectivity index (χ0) is 18.5.